The van der Waals surface area contributed by atoms with Crippen LogP contribution in [0.3, 0.4) is 0 Å². The summed E-state index contributed by atoms with van der Waals surface area (Å²) in [5, 5.41) is 2.95. The molecule has 1 N–H and O–H groups in total. The number of pyridine rings is 1. The van der Waals surface area contributed by atoms with Crippen molar-refractivity contribution in [3.8, 4) is 5.88 Å². The quantitative estimate of drug-likeness (QED) is 0.856. The van der Waals surface area contributed by atoms with Crippen LogP contribution in [0.4, 0.5) is 13.2 Å². The van der Waals surface area contributed by atoms with Crippen molar-refractivity contribution >= 4 is 0 Å². The molecule has 1 aromatic rings. The Morgan fingerprint density at radius 1 is 1.33 bits per heavy atom. The van der Waals surface area contributed by atoms with Crippen LogP contribution in [0, 0.1) is 0 Å². The molecule has 1 aromatic heterocycles. The molecule has 0 atom stereocenters. The first-order chi connectivity index (χ1) is 8.44. The molecule has 102 valence electrons. The van der Waals surface area contributed by atoms with Crippen LogP contribution in [0.25, 0.3) is 0 Å². The Kier molecular flexibility index (Phi) is 5.40. The van der Waals surface area contributed by atoms with Gasteiger partial charge in [-0.25, -0.2) is 4.98 Å². The van der Waals surface area contributed by atoms with E-state index < -0.39 is 12.8 Å². The fourth-order valence-corrected chi connectivity index (χ4v) is 1.54. The monoisotopic (exact) mass is 262 g/mol. The molecule has 3 nitrogen and oxygen atoms in total. The molecular weight excluding hydrogens is 245 g/mol. The molecule has 0 bridgehead atoms. The van der Waals surface area contributed by atoms with E-state index in [1.165, 1.54) is 6.07 Å². The lowest BCUT2D eigenvalue weighted by Crippen LogP contribution is -2.20. The Labute approximate surface area is 104 Å². The van der Waals surface area contributed by atoms with Crippen molar-refractivity contribution in [1.29, 1.82) is 0 Å². The van der Waals surface area contributed by atoms with Crippen molar-refractivity contribution in [2.24, 2.45) is 0 Å². The van der Waals surface area contributed by atoms with Gasteiger partial charge < -0.3 is 10.1 Å². The number of aryl methyl sites for hydroxylation is 1. The van der Waals surface area contributed by atoms with Crippen LogP contribution >= 0.6 is 0 Å². The third kappa shape index (κ3) is 5.35. The first-order valence-electron chi connectivity index (χ1n) is 5.78. The molecule has 0 aliphatic carbocycles. The van der Waals surface area contributed by atoms with Crippen molar-refractivity contribution < 1.29 is 17.9 Å². The Bertz CT molecular complexity index is 356. The first-order valence-corrected chi connectivity index (χ1v) is 5.78. The number of aromatic nitrogens is 1. The minimum Gasteiger partial charge on any atom is -0.468 e. The van der Waals surface area contributed by atoms with Crippen LogP contribution in [0.5, 0.6) is 5.88 Å². The molecule has 0 amide bonds. The van der Waals surface area contributed by atoms with Gasteiger partial charge in [0.1, 0.15) is 0 Å². The van der Waals surface area contributed by atoms with Crippen LogP contribution < -0.4 is 10.1 Å². The first kappa shape index (κ1) is 14.8. The number of nitrogens with zero attached hydrogens (tertiary/aromatic N) is 1. The van der Waals surface area contributed by atoms with Gasteiger partial charge >= 0.3 is 6.18 Å². The zero-order valence-electron chi connectivity index (χ0n) is 10.5. The maximum absolute atomic E-state index is 12.1. The number of hydrogen-bond acceptors (Lipinski definition) is 3. The lowest BCUT2D eigenvalue weighted by Gasteiger charge is -2.11. The number of nitrogens with one attached hydrogen (secondary N) is 1. The zero-order valence-corrected chi connectivity index (χ0v) is 10.5. The van der Waals surface area contributed by atoms with E-state index in [4.69, 9.17) is 0 Å². The van der Waals surface area contributed by atoms with Gasteiger partial charge in [0.05, 0.1) is 0 Å². The summed E-state index contributed by atoms with van der Waals surface area (Å²) in [5.41, 5.74) is 1.62. The van der Waals surface area contributed by atoms with Gasteiger partial charge in [-0.2, -0.15) is 13.2 Å². The molecule has 6 heteroatoms. The van der Waals surface area contributed by atoms with Crippen molar-refractivity contribution in [3.05, 3.63) is 23.4 Å². The number of ether oxygens (including phenoxy) is 1. The maximum atomic E-state index is 12.1. The summed E-state index contributed by atoms with van der Waals surface area (Å²) in [7, 11) is 1.77. The summed E-state index contributed by atoms with van der Waals surface area (Å²) < 4.78 is 40.9. The summed E-state index contributed by atoms with van der Waals surface area (Å²) in [6, 6.07) is 3.40. The highest BCUT2D eigenvalue weighted by Crippen LogP contribution is 2.19. The maximum Gasteiger partial charge on any atom is 0.422 e. The van der Waals surface area contributed by atoms with E-state index in [9.17, 15) is 13.2 Å². The number of halogens is 3. The van der Waals surface area contributed by atoms with E-state index in [1.807, 2.05) is 13.0 Å². The van der Waals surface area contributed by atoms with E-state index >= 15 is 0 Å². The summed E-state index contributed by atoms with van der Waals surface area (Å²) >= 11 is 0. The number of hydrogen-bond donors (Lipinski definition) is 1. The van der Waals surface area contributed by atoms with Gasteiger partial charge in [0.15, 0.2) is 6.61 Å². The van der Waals surface area contributed by atoms with Gasteiger partial charge in [0.2, 0.25) is 5.88 Å². The Morgan fingerprint density at radius 2 is 2.06 bits per heavy atom. The molecule has 1 rings (SSSR count). The SMILES string of the molecule is CCCc1cc(CNC)cc(OCC(F)(F)F)n1. The summed E-state index contributed by atoms with van der Waals surface area (Å²) in [6.07, 6.45) is -2.74. The molecule has 18 heavy (non-hydrogen) atoms. The van der Waals surface area contributed by atoms with E-state index in [0.717, 1.165) is 24.1 Å². The van der Waals surface area contributed by atoms with Gasteiger partial charge in [0.25, 0.3) is 0 Å². The van der Waals surface area contributed by atoms with E-state index in [0.29, 0.717) is 6.54 Å². The predicted octanol–water partition coefficient (Wildman–Crippen LogP) is 2.69. The molecule has 0 aliphatic heterocycles. The minimum absolute atomic E-state index is 0.0310. The van der Waals surface area contributed by atoms with Gasteiger partial charge in [0, 0.05) is 18.3 Å². The minimum atomic E-state index is -4.34. The fourth-order valence-electron chi connectivity index (χ4n) is 1.54. The van der Waals surface area contributed by atoms with Crippen molar-refractivity contribution in [3.63, 3.8) is 0 Å². The highest BCUT2D eigenvalue weighted by Gasteiger charge is 2.28. The summed E-state index contributed by atoms with van der Waals surface area (Å²) in [6.45, 7) is 1.25. The predicted molar refractivity (Wildman–Crippen MR) is 62.5 cm³/mol. The normalized spacial score (nSPS) is 11.6. The smallest absolute Gasteiger partial charge is 0.422 e. The largest absolute Gasteiger partial charge is 0.468 e. The molecule has 0 aliphatic rings. The van der Waals surface area contributed by atoms with Crippen LogP contribution in [0.15, 0.2) is 12.1 Å². The van der Waals surface area contributed by atoms with Crippen LogP contribution in [-0.2, 0) is 13.0 Å². The topological polar surface area (TPSA) is 34.1 Å². The van der Waals surface area contributed by atoms with E-state index in [-0.39, 0.29) is 5.88 Å². The summed E-state index contributed by atoms with van der Waals surface area (Å²) in [5.74, 6) is 0.0310. The van der Waals surface area contributed by atoms with Gasteiger partial charge in [-0.05, 0) is 25.1 Å². The van der Waals surface area contributed by atoms with Crippen LogP contribution in [-0.4, -0.2) is 24.8 Å². The number of rotatable bonds is 6. The van der Waals surface area contributed by atoms with Crippen molar-refractivity contribution in [2.45, 2.75) is 32.5 Å². The van der Waals surface area contributed by atoms with E-state index in [1.54, 1.807) is 7.05 Å². The molecular formula is C12H17F3N2O. The average molecular weight is 262 g/mol. The molecule has 0 saturated heterocycles. The summed E-state index contributed by atoms with van der Waals surface area (Å²) in [4.78, 5) is 4.06. The lowest BCUT2D eigenvalue weighted by atomic mass is 10.1. The Morgan fingerprint density at radius 3 is 2.61 bits per heavy atom. The second-order valence-corrected chi connectivity index (χ2v) is 3.99. The zero-order chi connectivity index (χ0) is 13.6. The highest BCUT2D eigenvalue weighted by atomic mass is 19.4. The van der Waals surface area contributed by atoms with Gasteiger partial charge in [-0.1, -0.05) is 13.3 Å². The van der Waals surface area contributed by atoms with Crippen molar-refractivity contribution in [1.82, 2.24) is 10.3 Å². The van der Waals surface area contributed by atoms with Crippen LogP contribution in [0.1, 0.15) is 24.6 Å². The second kappa shape index (κ2) is 6.58. The highest BCUT2D eigenvalue weighted by molar-refractivity contribution is 5.25. The lowest BCUT2D eigenvalue weighted by molar-refractivity contribution is -0.154. The molecule has 0 saturated carbocycles. The Hall–Kier alpha value is -1.30. The molecule has 0 fully saturated rings. The molecule has 0 unspecified atom stereocenters. The second-order valence-electron chi connectivity index (χ2n) is 3.99. The number of alkyl halides is 3. The van der Waals surface area contributed by atoms with E-state index in [2.05, 4.69) is 15.0 Å². The third-order valence-corrected chi connectivity index (χ3v) is 2.19. The average Bonchev–Trinajstić information content (AvgIpc) is 2.26. The third-order valence-electron chi connectivity index (χ3n) is 2.19. The molecule has 1 heterocycles. The molecule has 0 spiro atoms. The van der Waals surface area contributed by atoms with Crippen molar-refractivity contribution in [2.75, 3.05) is 13.7 Å². The van der Waals surface area contributed by atoms with Crippen LogP contribution in [0.2, 0.25) is 0 Å². The Balaban J connectivity index is 2.81. The fraction of sp³-hybridized carbons (Fsp3) is 0.583. The molecule has 0 radical (unpaired) electrons. The molecule has 0 aromatic carbocycles. The van der Waals surface area contributed by atoms with Gasteiger partial charge in [-0.3, -0.25) is 0 Å². The van der Waals surface area contributed by atoms with Gasteiger partial charge in [-0.15, -0.1) is 0 Å². The standard InChI is InChI=1S/C12H17F3N2O/c1-3-4-10-5-9(7-16-2)6-11(17-10)18-8-12(13,14)15/h5-6,16H,3-4,7-8H2,1-2H3.